The number of hydrogen-bond donors (Lipinski definition) is 1. The molecule has 0 aliphatic rings. The smallest absolute Gasteiger partial charge is 0.123 e. The number of nitrogens with one attached hydrogen (secondary N) is 1. The van der Waals surface area contributed by atoms with Gasteiger partial charge in [0.15, 0.2) is 0 Å². The van der Waals surface area contributed by atoms with Crippen LogP contribution in [0.2, 0.25) is 0 Å². The Kier molecular flexibility index (Phi) is 3.70. The molecular formula is C13H16N2S. The summed E-state index contributed by atoms with van der Waals surface area (Å²) in [6, 6.07) is 8.49. The average molecular weight is 232 g/mol. The van der Waals surface area contributed by atoms with E-state index in [1.54, 1.807) is 11.3 Å². The van der Waals surface area contributed by atoms with Crippen molar-refractivity contribution < 1.29 is 0 Å². The van der Waals surface area contributed by atoms with Gasteiger partial charge in [-0.15, -0.1) is 11.3 Å². The molecule has 2 rings (SSSR count). The standard InChI is InChI=1S/C13H16N2S/c1-3-10-6-4-5-7-12(10)13-15-11(8-14-2)9-16-13/h4-7,9,14H,3,8H2,1-2H3. The summed E-state index contributed by atoms with van der Waals surface area (Å²) in [7, 11) is 1.94. The van der Waals surface area contributed by atoms with Gasteiger partial charge in [0.25, 0.3) is 0 Å². The quantitative estimate of drug-likeness (QED) is 0.876. The second-order valence-corrected chi connectivity index (χ2v) is 4.54. The number of aryl methyl sites for hydroxylation is 1. The summed E-state index contributed by atoms with van der Waals surface area (Å²) in [4.78, 5) is 4.63. The second-order valence-electron chi connectivity index (χ2n) is 3.69. The first kappa shape index (κ1) is 11.3. The molecule has 0 saturated heterocycles. The molecule has 84 valence electrons. The molecule has 2 aromatic rings. The zero-order chi connectivity index (χ0) is 11.4. The highest BCUT2D eigenvalue weighted by Crippen LogP contribution is 2.27. The molecule has 0 aliphatic heterocycles. The van der Waals surface area contributed by atoms with Crippen molar-refractivity contribution in [3.05, 3.63) is 40.9 Å². The topological polar surface area (TPSA) is 24.9 Å². The van der Waals surface area contributed by atoms with E-state index in [9.17, 15) is 0 Å². The van der Waals surface area contributed by atoms with Gasteiger partial charge >= 0.3 is 0 Å². The van der Waals surface area contributed by atoms with Crippen LogP contribution in [0.25, 0.3) is 10.6 Å². The molecule has 0 unspecified atom stereocenters. The minimum absolute atomic E-state index is 0.838. The summed E-state index contributed by atoms with van der Waals surface area (Å²) < 4.78 is 0. The molecule has 1 N–H and O–H groups in total. The first-order chi connectivity index (χ1) is 7.85. The van der Waals surface area contributed by atoms with Gasteiger partial charge in [-0.1, -0.05) is 31.2 Å². The number of thiazole rings is 1. The van der Waals surface area contributed by atoms with E-state index in [0.717, 1.165) is 23.7 Å². The van der Waals surface area contributed by atoms with Crippen LogP contribution in [0.3, 0.4) is 0 Å². The zero-order valence-electron chi connectivity index (χ0n) is 9.66. The summed E-state index contributed by atoms with van der Waals surface area (Å²) in [5, 5.41) is 6.37. The highest BCUT2D eigenvalue weighted by atomic mass is 32.1. The van der Waals surface area contributed by atoms with Gasteiger partial charge in [-0.2, -0.15) is 0 Å². The Labute approximate surface area is 100 Å². The predicted molar refractivity (Wildman–Crippen MR) is 69.7 cm³/mol. The van der Waals surface area contributed by atoms with E-state index in [1.807, 2.05) is 7.05 Å². The Hall–Kier alpha value is -1.19. The van der Waals surface area contributed by atoms with E-state index < -0.39 is 0 Å². The van der Waals surface area contributed by atoms with Crippen LogP contribution in [0.4, 0.5) is 0 Å². The molecule has 0 atom stereocenters. The van der Waals surface area contributed by atoms with Crippen LogP contribution in [0.15, 0.2) is 29.6 Å². The number of benzene rings is 1. The highest BCUT2D eigenvalue weighted by molar-refractivity contribution is 7.13. The van der Waals surface area contributed by atoms with Crippen molar-refractivity contribution in [2.75, 3.05) is 7.05 Å². The molecule has 0 radical (unpaired) electrons. The molecule has 2 nitrogen and oxygen atoms in total. The first-order valence-electron chi connectivity index (χ1n) is 5.52. The van der Waals surface area contributed by atoms with Crippen LogP contribution in [-0.2, 0) is 13.0 Å². The fraction of sp³-hybridized carbons (Fsp3) is 0.308. The molecule has 3 heteroatoms. The van der Waals surface area contributed by atoms with Crippen molar-refractivity contribution in [1.29, 1.82) is 0 Å². The van der Waals surface area contributed by atoms with E-state index in [1.165, 1.54) is 11.1 Å². The molecule has 0 amide bonds. The fourth-order valence-electron chi connectivity index (χ4n) is 1.73. The molecule has 0 bridgehead atoms. The van der Waals surface area contributed by atoms with Crippen molar-refractivity contribution in [2.24, 2.45) is 0 Å². The van der Waals surface area contributed by atoms with Gasteiger partial charge < -0.3 is 5.32 Å². The van der Waals surface area contributed by atoms with Crippen LogP contribution >= 0.6 is 11.3 Å². The lowest BCUT2D eigenvalue weighted by Gasteiger charge is -2.03. The van der Waals surface area contributed by atoms with E-state index >= 15 is 0 Å². The largest absolute Gasteiger partial charge is 0.314 e. The SMILES string of the molecule is CCc1ccccc1-c1nc(CNC)cs1. The first-order valence-corrected chi connectivity index (χ1v) is 6.40. The average Bonchev–Trinajstić information content (AvgIpc) is 2.78. The van der Waals surface area contributed by atoms with Crippen LogP contribution in [0, 0.1) is 0 Å². The third-order valence-electron chi connectivity index (χ3n) is 2.54. The molecule has 1 heterocycles. The maximum absolute atomic E-state index is 4.63. The summed E-state index contributed by atoms with van der Waals surface area (Å²) in [6.45, 7) is 3.02. The second kappa shape index (κ2) is 5.23. The molecule has 0 aliphatic carbocycles. The van der Waals surface area contributed by atoms with E-state index in [4.69, 9.17) is 0 Å². The Morgan fingerprint density at radius 2 is 2.12 bits per heavy atom. The minimum atomic E-state index is 0.838. The van der Waals surface area contributed by atoms with Gasteiger partial charge in [-0.05, 0) is 19.0 Å². The Morgan fingerprint density at radius 1 is 1.31 bits per heavy atom. The third-order valence-corrected chi connectivity index (χ3v) is 3.46. The van der Waals surface area contributed by atoms with E-state index in [-0.39, 0.29) is 0 Å². The summed E-state index contributed by atoms with van der Waals surface area (Å²) >= 11 is 1.72. The van der Waals surface area contributed by atoms with Crippen molar-refractivity contribution in [3.8, 4) is 10.6 Å². The van der Waals surface area contributed by atoms with Crippen LogP contribution in [0.5, 0.6) is 0 Å². The van der Waals surface area contributed by atoms with E-state index in [2.05, 4.69) is 46.9 Å². The van der Waals surface area contributed by atoms with Gasteiger partial charge in [0.1, 0.15) is 5.01 Å². The molecular weight excluding hydrogens is 216 g/mol. The maximum atomic E-state index is 4.63. The molecule has 16 heavy (non-hydrogen) atoms. The number of nitrogens with zero attached hydrogens (tertiary/aromatic N) is 1. The molecule has 0 spiro atoms. The van der Waals surface area contributed by atoms with Gasteiger partial charge in [0.2, 0.25) is 0 Å². The lowest BCUT2D eigenvalue weighted by molar-refractivity contribution is 0.798. The fourth-order valence-corrected chi connectivity index (χ4v) is 2.61. The van der Waals surface area contributed by atoms with Gasteiger partial charge in [-0.3, -0.25) is 0 Å². The Morgan fingerprint density at radius 3 is 2.88 bits per heavy atom. The normalized spacial score (nSPS) is 10.6. The number of aromatic nitrogens is 1. The third kappa shape index (κ3) is 2.31. The van der Waals surface area contributed by atoms with Crippen LogP contribution < -0.4 is 5.32 Å². The Bertz CT molecular complexity index is 462. The van der Waals surface area contributed by atoms with Gasteiger partial charge in [0, 0.05) is 17.5 Å². The van der Waals surface area contributed by atoms with Crippen molar-refractivity contribution >= 4 is 11.3 Å². The molecule has 1 aromatic carbocycles. The van der Waals surface area contributed by atoms with Gasteiger partial charge in [-0.25, -0.2) is 4.98 Å². The predicted octanol–water partition coefficient (Wildman–Crippen LogP) is 3.09. The van der Waals surface area contributed by atoms with Crippen molar-refractivity contribution in [2.45, 2.75) is 19.9 Å². The summed E-state index contributed by atoms with van der Waals surface area (Å²) in [5.41, 5.74) is 3.76. The van der Waals surface area contributed by atoms with E-state index in [0.29, 0.717) is 0 Å². The molecule has 0 saturated carbocycles. The Balaban J connectivity index is 2.34. The number of hydrogen-bond acceptors (Lipinski definition) is 3. The molecule has 1 aromatic heterocycles. The highest BCUT2D eigenvalue weighted by Gasteiger charge is 2.07. The summed E-state index contributed by atoms with van der Waals surface area (Å²) in [6.07, 6.45) is 1.05. The number of rotatable bonds is 4. The minimum Gasteiger partial charge on any atom is -0.314 e. The maximum Gasteiger partial charge on any atom is 0.123 e. The van der Waals surface area contributed by atoms with Crippen LogP contribution in [-0.4, -0.2) is 12.0 Å². The molecule has 0 fully saturated rings. The zero-order valence-corrected chi connectivity index (χ0v) is 10.5. The lowest BCUT2D eigenvalue weighted by Crippen LogP contribution is -2.04. The van der Waals surface area contributed by atoms with Crippen molar-refractivity contribution in [3.63, 3.8) is 0 Å². The summed E-state index contributed by atoms with van der Waals surface area (Å²) in [5.74, 6) is 0. The van der Waals surface area contributed by atoms with Crippen molar-refractivity contribution in [1.82, 2.24) is 10.3 Å². The lowest BCUT2D eigenvalue weighted by atomic mass is 10.1. The van der Waals surface area contributed by atoms with Gasteiger partial charge in [0.05, 0.1) is 5.69 Å². The monoisotopic (exact) mass is 232 g/mol. The van der Waals surface area contributed by atoms with Crippen LogP contribution in [0.1, 0.15) is 18.2 Å².